The first-order valence-corrected chi connectivity index (χ1v) is 45.7. The maximum Gasteiger partial charge on any atom is 0.306 e. The third-order valence-corrected chi connectivity index (χ3v) is 28.5. The molecule has 1 unspecified atom stereocenters. The number of rotatable bonds is 14. The number of para-hydroxylation sites is 1. The molecule has 4 aliphatic rings. The van der Waals surface area contributed by atoms with Gasteiger partial charge < -0.3 is 47.7 Å². The first kappa shape index (κ1) is 84.9. The van der Waals surface area contributed by atoms with E-state index in [1.54, 1.807) is 55.2 Å². The van der Waals surface area contributed by atoms with Crippen LogP contribution in [0, 0.1) is 17.8 Å². The van der Waals surface area contributed by atoms with Crippen molar-refractivity contribution in [2.24, 2.45) is 24.8 Å². The summed E-state index contributed by atoms with van der Waals surface area (Å²) in [7, 11) is 1.21. The fraction of sp³-hybridized carbons (Fsp3) is 0.267. The molecule has 15 heterocycles. The minimum atomic E-state index is -0.773. The minimum Gasteiger partial charge on any atom is -0.481 e. The quantitative estimate of drug-likeness (QED) is 0.0531. The third-order valence-electron chi connectivity index (χ3n) is 23.9. The van der Waals surface area contributed by atoms with Gasteiger partial charge >= 0.3 is 17.9 Å². The van der Waals surface area contributed by atoms with Crippen molar-refractivity contribution in [3.63, 3.8) is 0 Å². The Morgan fingerprint density at radius 2 is 0.800 bits per heavy atom. The molecule has 636 valence electrons. The number of nitrogens with two attached hydrogens (primary N) is 4. The Morgan fingerprint density at radius 1 is 0.408 bits per heavy atom. The summed E-state index contributed by atoms with van der Waals surface area (Å²) in [4.78, 5) is 78.3. The number of aromatic nitrogens is 18. The zero-order valence-electron chi connectivity index (χ0n) is 67.6. The highest BCUT2D eigenvalue weighted by molar-refractivity contribution is 9.11. The molecule has 14 aromatic heterocycles. The number of carbonyl (C=O) groups is 3. The summed E-state index contributed by atoms with van der Waals surface area (Å²) in [6.45, 7) is 1.49. The molecule has 20 rings (SSSR count). The topological polar surface area (TPSA) is 426 Å². The first-order valence-electron chi connectivity index (χ1n) is 41.0. The first-order chi connectivity index (χ1) is 60.6. The zero-order valence-corrected chi connectivity index (χ0v) is 74.7. The molecule has 30 nitrogen and oxygen atoms in total. The van der Waals surface area contributed by atoms with Crippen LogP contribution in [0.15, 0.2) is 208 Å². The largest absolute Gasteiger partial charge is 0.481 e. The Hall–Kier alpha value is -12.3. The van der Waals surface area contributed by atoms with Crippen LogP contribution in [0.4, 0.5) is 29.1 Å². The number of anilines is 5. The molecule has 11 N–H and O–H groups in total. The molecule has 3 aliphatic carbocycles. The van der Waals surface area contributed by atoms with Gasteiger partial charge in [-0.3, -0.25) is 43.5 Å². The summed E-state index contributed by atoms with van der Waals surface area (Å²) < 4.78 is 23.4. The van der Waals surface area contributed by atoms with Crippen molar-refractivity contribution in [2.45, 2.75) is 101 Å². The number of nitrogens with zero attached hydrogens (tertiary/aromatic N) is 19. The van der Waals surface area contributed by atoms with Crippen molar-refractivity contribution in [2.75, 3.05) is 52.4 Å². The predicted octanol–water partition coefficient (Wildman–Crippen LogP) is 17.5. The molecule has 0 radical (unpaired) electrons. The fourth-order valence-electron chi connectivity index (χ4n) is 16.9. The van der Waals surface area contributed by atoms with Crippen LogP contribution >= 0.6 is 63.7 Å². The smallest absolute Gasteiger partial charge is 0.306 e. The average Bonchev–Trinajstić information content (AvgIpc) is 1.66. The van der Waals surface area contributed by atoms with Gasteiger partial charge in [0.2, 0.25) is 0 Å². The summed E-state index contributed by atoms with van der Waals surface area (Å²) in [5, 5.41) is 46.8. The highest BCUT2D eigenvalue weighted by atomic mass is 79.9. The Morgan fingerprint density at radius 3 is 1.22 bits per heavy atom. The molecule has 125 heavy (non-hydrogen) atoms. The zero-order chi connectivity index (χ0) is 86.8. The predicted molar refractivity (Wildman–Crippen MR) is 496 cm³/mol. The van der Waals surface area contributed by atoms with E-state index >= 15 is 0 Å². The highest BCUT2D eigenvalue weighted by Gasteiger charge is 2.35. The number of pyridine rings is 5. The molecule has 4 fully saturated rings. The number of carboxylic acid groups (broad SMARTS) is 3. The Balaban J connectivity index is 0.000000118. The lowest BCUT2D eigenvalue weighted by molar-refractivity contribution is -0.143. The van der Waals surface area contributed by atoms with Crippen LogP contribution in [-0.2, 0) is 32.2 Å². The number of hydrogen-bond acceptors (Lipinski definition) is 22. The summed E-state index contributed by atoms with van der Waals surface area (Å²) in [6.07, 6.45) is 31.2. The number of aryl methyl sites for hydroxylation is 1. The fourth-order valence-corrected chi connectivity index (χ4v) is 20.3. The van der Waals surface area contributed by atoms with Crippen LogP contribution in [0.3, 0.4) is 0 Å². The standard InChI is InChI=1S/C24H22BrN5O2.C23H23BrN6O2.C23H21BrN6O2.C20H19BrN6OS/c25-20-21(15-6-8-16(9-7-15)24(31)32)29-23-18(13-28-30(23)22(20)26)17-10-11-19(27-12-17)14-4-2-1-3-5-14;1-29-9-8-16(12-29)18-7-6-15(10-26-18)17-11-27-30-21(25)19(24)20(28-22(17)30)13-2-4-14(5-3-13)23(31)32;24-19-20(14-1-3-15(4-2-14)23(31)32)29-22-17(12-28-30(22)21(19)25)16-5-6-18(27-11-16)13-7-9-26-10-8-13;21-17-18(22)27-19(25-20(17)26-6-3-8-29(28)9-7-26)15(12-24-27)14-10-13-4-1-2-5-16(13)23-11-14/h1-5,10-13,15-16H,6-9,26H2,(H,31,32);6-14H,2-5,25H2,1H3,(H,31,32);5-12,14-15H,1-4,25H2,(H,31,32);1-2,4-5,10-12H,3,6-9,22H2. The highest BCUT2D eigenvalue weighted by Crippen LogP contribution is 2.46. The number of benzene rings is 2. The Labute approximate surface area is 752 Å². The summed E-state index contributed by atoms with van der Waals surface area (Å²) in [6, 6.07) is 38.0. The van der Waals surface area contributed by atoms with Crippen molar-refractivity contribution >= 4 is 155 Å². The van der Waals surface area contributed by atoms with E-state index in [1.807, 2.05) is 158 Å². The van der Waals surface area contributed by atoms with E-state index in [1.165, 1.54) is 0 Å². The van der Waals surface area contributed by atoms with E-state index in [-0.39, 0.29) is 35.5 Å². The van der Waals surface area contributed by atoms with Gasteiger partial charge in [0.05, 0.1) is 95.6 Å². The number of carboxylic acids is 3. The number of aliphatic carboxylic acids is 3. The van der Waals surface area contributed by atoms with Gasteiger partial charge in [0.1, 0.15) is 33.6 Å². The normalized spacial score (nSPS) is 18.5. The second kappa shape index (κ2) is 36.9. The van der Waals surface area contributed by atoms with Gasteiger partial charge in [-0.15, -0.1) is 0 Å². The molecular weight excluding hydrogens is 1870 g/mol. The molecule has 0 amide bonds. The maximum absolute atomic E-state index is 11.9. The molecule has 2 aromatic carbocycles. The van der Waals surface area contributed by atoms with E-state index in [0.717, 1.165) is 183 Å². The van der Waals surface area contributed by atoms with E-state index in [9.17, 15) is 33.9 Å². The van der Waals surface area contributed by atoms with E-state index < -0.39 is 28.7 Å². The minimum absolute atomic E-state index is 0.155. The molecule has 1 aliphatic heterocycles. The molecule has 1 saturated heterocycles. The molecule has 35 heteroatoms. The Kier molecular flexibility index (Phi) is 25.0. The van der Waals surface area contributed by atoms with Crippen molar-refractivity contribution in [3.8, 4) is 78.3 Å². The number of hydrogen-bond donors (Lipinski definition) is 7. The molecule has 0 bridgehead atoms. The lowest BCUT2D eigenvalue weighted by atomic mass is 9.80. The SMILES string of the molecule is Cn1ccc(-c2ccc(-c3cnn4c(N)c(Br)c(C5CCC(C(=O)O)CC5)nc34)cn2)c1.Nc1c(Br)c(C2CCC(C(=O)O)CC2)nc2c(-c3ccc(-c4ccccc4)nc3)cnn12.Nc1c(Br)c(C2CCC(C(=O)O)CC2)nc2c(-c3ccc(-c4ccncc4)nc3)cnn12.Nc1c(Br)c(N2CCCS(=O)CC2)nc2c(-c3cnc4ccccc4c3)cnn12. The van der Waals surface area contributed by atoms with E-state index in [4.69, 9.17) is 42.9 Å². The van der Waals surface area contributed by atoms with Crippen LogP contribution in [0.2, 0.25) is 0 Å². The van der Waals surface area contributed by atoms with E-state index in [0.29, 0.717) is 101 Å². The molecule has 0 spiro atoms. The van der Waals surface area contributed by atoms with Gasteiger partial charge in [0.15, 0.2) is 22.6 Å². The maximum atomic E-state index is 11.9. The van der Waals surface area contributed by atoms with Crippen LogP contribution in [0.5, 0.6) is 0 Å². The number of fused-ring (bicyclic) bond motifs is 5. The van der Waals surface area contributed by atoms with Gasteiger partial charge in [-0.1, -0.05) is 66.7 Å². The number of nitrogen functional groups attached to an aromatic ring is 4. The van der Waals surface area contributed by atoms with Crippen molar-refractivity contribution in [1.29, 1.82) is 0 Å². The monoisotopic (exact) mass is 1950 g/mol. The van der Waals surface area contributed by atoms with Crippen LogP contribution in [0.25, 0.3) is 112 Å². The summed E-state index contributed by atoms with van der Waals surface area (Å²) >= 11 is 14.4. The average molecular weight is 1950 g/mol. The summed E-state index contributed by atoms with van der Waals surface area (Å²) in [5.74, 6) is 1.61. The lowest BCUT2D eigenvalue weighted by Crippen LogP contribution is -2.28. The second-order valence-electron chi connectivity index (χ2n) is 31.6. The van der Waals surface area contributed by atoms with Crippen molar-refractivity contribution in [1.82, 2.24) is 87.9 Å². The molecular formula is C90H85Br4N23O7S. The molecule has 3 saturated carbocycles. The van der Waals surface area contributed by atoms with E-state index in [2.05, 4.69) is 120 Å². The lowest BCUT2D eigenvalue weighted by Gasteiger charge is -2.26. The van der Waals surface area contributed by atoms with Gasteiger partial charge in [0, 0.05) is 176 Å². The summed E-state index contributed by atoms with van der Waals surface area (Å²) in [5.41, 5.74) is 44.7. The second-order valence-corrected chi connectivity index (χ2v) is 36.5. The molecule has 16 aromatic rings. The van der Waals surface area contributed by atoms with Gasteiger partial charge in [-0.05, 0) is 196 Å². The van der Waals surface area contributed by atoms with Crippen LogP contribution < -0.4 is 27.8 Å². The number of halogens is 4. The van der Waals surface area contributed by atoms with Crippen LogP contribution in [0.1, 0.15) is 118 Å². The van der Waals surface area contributed by atoms with Gasteiger partial charge in [-0.2, -0.15) is 38.5 Å². The Bertz CT molecular complexity index is 6530. The van der Waals surface area contributed by atoms with Gasteiger partial charge in [0.25, 0.3) is 0 Å². The van der Waals surface area contributed by atoms with Gasteiger partial charge in [-0.25, -0.2) is 19.9 Å². The van der Waals surface area contributed by atoms with Crippen LogP contribution in [-0.4, -0.2) is 150 Å². The van der Waals surface area contributed by atoms with Crippen molar-refractivity contribution in [3.05, 3.63) is 225 Å². The third kappa shape index (κ3) is 17.7. The van der Waals surface area contributed by atoms with Crippen molar-refractivity contribution < 1.29 is 33.9 Å². The molecule has 1 atom stereocenters.